The quantitative estimate of drug-likeness (QED) is 0.907. The van der Waals surface area contributed by atoms with E-state index in [0.717, 1.165) is 30.0 Å². The second-order valence-electron chi connectivity index (χ2n) is 6.13. The molecule has 0 aliphatic heterocycles. The molecule has 1 aromatic rings. The van der Waals surface area contributed by atoms with Gasteiger partial charge in [0.1, 0.15) is 5.01 Å². The average molecular weight is 304 g/mol. The van der Waals surface area contributed by atoms with Crippen LogP contribution < -0.4 is 5.32 Å². The minimum absolute atomic E-state index is 0.139. The van der Waals surface area contributed by atoms with E-state index >= 15 is 0 Å². The van der Waals surface area contributed by atoms with Crippen molar-refractivity contribution in [2.24, 2.45) is 5.92 Å². The van der Waals surface area contributed by atoms with Crippen molar-refractivity contribution >= 4 is 11.3 Å². The number of nitrogens with one attached hydrogen (secondary N) is 1. The Morgan fingerprint density at radius 2 is 2.10 bits per heavy atom. The molecule has 2 aliphatic rings. The number of alkyl halides is 3. The molecular formula is C14H19F3N2S. The number of aromatic nitrogens is 1. The molecule has 2 nitrogen and oxygen atoms in total. The molecule has 2 aliphatic carbocycles. The van der Waals surface area contributed by atoms with Crippen molar-refractivity contribution in [3.05, 3.63) is 16.1 Å². The summed E-state index contributed by atoms with van der Waals surface area (Å²) in [5, 5.41) is 6.26. The summed E-state index contributed by atoms with van der Waals surface area (Å²) in [5.41, 5.74) is 0.342. The lowest BCUT2D eigenvalue weighted by molar-refractivity contribution is -0.189. The minimum atomic E-state index is -4.09. The lowest BCUT2D eigenvalue weighted by Crippen LogP contribution is -2.49. The SMILES string of the molecule is Cc1csc(C2(NC3CC3)CCCC(C(F)(F)F)C2)n1. The fourth-order valence-corrected chi connectivity index (χ4v) is 4.14. The summed E-state index contributed by atoms with van der Waals surface area (Å²) in [6.07, 6.45) is -0.178. The third kappa shape index (κ3) is 2.86. The molecule has 1 N–H and O–H groups in total. The van der Waals surface area contributed by atoms with Crippen molar-refractivity contribution < 1.29 is 13.2 Å². The van der Waals surface area contributed by atoms with Gasteiger partial charge in [-0.3, -0.25) is 0 Å². The first kappa shape index (κ1) is 14.3. The molecule has 20 heavy (non-hydrogen) atoms. The van der Waals surface area contributed by atoms with Gasteiger partial charge in [-0.1, -0.05) is 6.42 Å². The van der Waals surface area contributed by atoms with Gasteiger partial charge in [0.25, 0.3) is 0 Å². The van der Waals surface area contributed by atoms with Gasteiger partial charge in [-0.25, -0.2) is 4.98 Å². The van der Waals surface area contributed by atoms with Gasteiger partial charge in [-0.05, 0) is 39.0 Å². The predicted octanol–water partition coefficient (Wildman–Crippen LogP) is 4.15. The summed E-state index contributed by atoms with van der Waals surface area (Å²) in [7, 11) is 0. The number of halogens is 3. The molecule has 3 rings (SSSR count). The first-order valence-electron chi connectivity index (χ1n) is 7.16. The molecule has 0 radical (unpaired) electrons. The van der Waals surface area contributed by atoms with Crippen molar-refractivity contribution in [2.75, 3.05) is 0 Å². The van der Waals surface area contributed by atoms with Gasteiger partial charge in [0.2, 0.25) is 0 Å². The molecule has 112 valence electrons. The summed E-state index contributed by atoms with van der Waals surface area (Å²) in [5.74, 6) is -1.20. The van der Waals surface area contributed by atoms with E-state index in [-0.39, 0.29) is 12.8 Å². The summed E-state index contributed by atoms with van der Waals surface area (Å²) in [6.45, 7) is 1.90. The maximum absolute atomic E-state index is 13.1. The molecule has 0 bridgehead atoms. The molecule has 0 aromatic carbocycles. The molecule has 2 fully saturated rings. The van der Waals surface area contributed by atoms with Gasteiger partial charge >= 0.3 is 6.18 Å². The monoisotopic (exact) mass is 304 g/mol. The van der Waals surface area contributed by atoms with E-state index in [1.54, 1.807) is 0 Å². The van der Waals surface area contributed by atoms with Crippen molar-refractivity contribution in [1.29, 1.82) is 0 Å². The van der Waals surface area contributed by atoms with E-state index in [9.17, 15) is 13.2 Å². The van der Waals surface area contributed by atoms with Crippen LogP contribution in [0, 0.1) is 12.8 Å². The number of hydrogen-bond acceptors (Lipinski definition) is 3. The Kier molecular flexibility index (Phi) is 3.57. The molecule has 0 saturated heterocycles. The smallest absolute Gasteiger partial charge is 0.303 e. The molecule has 1 heterocycles. The highest BCUT2D eigenvalue weighted by molar-refractivity contribution is 7.09. The second-order valence-corrected chi connectivity index (χ2v) is 6.99. The molecule has 2 saturated carbocycles. The van der Waals surface area contributed by atoms with Gasteiger partial charge < -0.3 is 5.32 Å². The van der Waals surface area contributed by atoms with E-state index in [2.05, 4.69) is 10.3 Å². The summed E-state index contributed by atoms with van der Waals surface area (Å²) in [4.78, 5) is 4.49. The van der Waals surface area contributed by atoms with Crippen molar-refractivity contribution in [3.63, 3.8) is 0 Å². The van der Waals surface area contributed by atoms with Crippen molar-refractivity contribution in [1.82, 2.24) is 10.3 Å². The molecule has 1 aromatic heterocycles. The van der Waals surface area contributed by atoms with Gasteiger partial charge in [-0.2, -0.15) is 13.2 Å². The minimum Gasteiger partial charge on any atom is -0.303 e. The van der Waals surface area contributed by atoms with Gasteiger partial charge in [0, 0.05) is 17.1 Å². The van der Waals surface area contributed by atoms with Crippen LogP contribution in [0.5, 0.6) is 0 Å². The summed E-state index contributed by atoms with van der Waals surface area (Å²) >= 11 is 1.50. The largest absolute Gasteiger partial charge is 0.391 e. The molecule has 2 atom stereocenters. The Morgan fingerprint density at radius 3 is 2.65 bits per heavy atom. The summed E-state index contributed by atoms with van der Waals surface area (Å²) < 4.78 is 39.3. The second kappa shape index (κ2) is 4.98. The molecule has 0 spiro atoms. The van der Waals surface area contributed by atoms with E-state index < -0.39 is 17.6 Å². The molecule has 0 amide bonds. The van der Waals surface area contributed by atoms with Crippen LogP contribution in [0.25, 0.3) is 0 Å². The number of hydrogen-bond donors (Lipinski definition) is 1. The first-order valence-corrected chi connectivity index (χ1v) is 8.04. The van der Waals surface area contributed by atoms with Crippen LogP contribution in [0.15, 0.2) is 5.38 Å². The van der Waals surface area contributed by atoms with Crippen LogP contribution >= 0.6 is 11.3 Å². The predicted molar refractivity (Wildman–Crippen MR) is 72.7 cm³/mol. The highest BCUT2D eigenvalue weighted by Gasteiger charge is 2.50. The highest BCUT2D eigenvalue weighted by atomic mass is 32.1. The third-order valence-electron chi connectivity index (χ3n) is 4.30. The van der Waals surface area contributed by atoms with E-state index in [4.69, 9.17) is 0 Å². The van der Waals surface area contributed by atoms with Crippen molar-refractivity contribution in [2.45, 2.75) is 63.2 Å². The molecule has 6 heteroatoms. The lowest BCUT2D eigenvalue weighted by atomic mass is 9.75. The highest BCUT2D eigenvalue weighted by Crippen LogP contribution is 2.48. The maximum Gasteiger partial charge on any atom is 0.391 e. The normalized spacial score (nSPS) is 31.5. The fraction of sp³-hybridized carbons (Fsp3) is 0.786. The number of rotatable bonds is 3. The van der Waals surface area contributed by atoms with Crippen LogP contribution in [0.2, 0.25) is 0 Å². The Balaban J connectivity index is 1.89. The van der Waals surface area contributed by atoms with E-state index in [0.29, 0.717) is 12.5 Å². The number of aryl methyl sites for hydroxylation is 1. The zero-order chi connectivity index (χ0) is 14.4. The van der Waals surface area contributed by atoms with Crippen LogP contribution in [-0.4, -0.2) is 17.2 Å². The lowest BCUT2D eigenvalue weighted by Gasteiger charge is -2.41. The van der Waals surface area contributed by atoms with Crippen LogP contribution in [0.1, 0.15) is 49.2 Å². The van der Waals surface area contributed by atoms with E-state index in [1.165, 1.54) is 11.3 Å². The van der Waals surface area contributed by atoms with Gasteiger partial charge in [0.15, 0.2) is 0 Å². The topological polar surface area (TPSA) is 24.9 Å². The Labute approximate surface area is 120 Å². The van der Waals surface area contributed by atoms with Crippen LogP contribution in [0.4, 0.5) is 13.2 Å². The van der Waals surface area contributed by atoms with Gasteiger partial charge in [0.05, 0.1) is 11.5 Å². The Hall–Kier alpha value is -0.620. The zero-order valence-corrected chi connectivity index (χ0v) is 12.3. The third-order valence-corrected chi connectivity index (χ3v) is 5.46. The summed E-state index contributed by atoms with van der Waals surface area (Å²) in [6, 6.07) is 0.381. The van der Waals surface area contributed by atoms with E-state index in [1.807, 2.05) is 12.3 Å². The number of nitrogens with zero attached hydrogens (tertiary/aromatic N) is 1. The standard InChI is InChI=1S/C14H19F3N2S/c1-9-8-20-12(18-9)13(19-11-4-5-11)6-2-3-10(7-13)14(15,16)17/h8,10-11,19H,2-7H2,1H3. The van der Waals surface area contributed by atoms with Crippen LogP contribution in [-0.2, 0) is 5.54 Å². The zero-order valence-electron chi connectivity index (χ0n) is 11.5. The Bertz CT molecular complexity index is 481. The van der Waals surface area contributed by atoms with Crippen LogP contribution in [0.3, 0.4) is 0 Å². The molecular weight excluding hydrogens is 285 g/mol. The average Bonchev–Trinajstić information content (AvgIpc) is 3.07. The maximum atomic E-state index is 13.1. The fourth-order valence-electron chi connectivity index (χ4n) is 3.13. The first-order chi connectivity index (χ1) is 9.39. The van der Waals surface area contributed by atoms with Gasteiger partial charge in [-0.15, -0.1) is 11.3 Å². The number of thiazole rings is 1. The Morgan fingerprint density at radius 1 is 1.35 bits per heavy atom. The molecule has 2 unspecified atom stereocenters. The van der Waals surface area contributed by atoms with Crippen molar-refractivity contribution in [3.8, 4) is 0 Å².